The zero-order chi connectivity index (χ0) is 34.5. The van der Waals surface area contributed by atoms with Crippen molar-refractivity contribution in [1.82, 2.24) is 30.8 Å². The number of aryl methyl sites for hydroxylation is 1. The van der Waals surface area contributed by atoms with Gasteiger partial charge in [-0.25, -0.2) is 9.97 Å². The SMILES string of the molecule is Cc1ccccc1CC(CNCC1CCN(C(=O)CCNCC(O)C(O)C(O)C(O)CO)CC1)CNC(=O)c1nc(Cl)c(N)nc1N. The van der Waals surface area contributed by atoms with E-state index in [0.29, 0.717) is 32.1 Å². The Balaban J connectivity index is 1.42. The zero-order valence-corrected chi connectivity index (χ0v) is 27.4. The Kier molecular flexibility index (Phi) is 15.5. The van der Waals surface area contributed by atoms with Gasteiger partial charge in [0.05, 0.1) is 12.7 Å². The number of aromatic nitrogens is 2. The molecule has 5 unspecified atom stereocenters. The van der Waals surface area contributed by atoms with E-state index in [1.807, 2.05) is 17.0 Å². The highest BCUT2D eigenvalue weighted by molar-refractivity contribution is 6.31. The second-order valence-corrected chi connectivity index (χ2v) is 12.4. The molecule has 47 heavy (non-hydrogen) atoms. The third kappa shape index (κ3) is 11.8. The molecule has 1 aromatic heterocycles. The Hall–Kier alpha value is -3.15. The molecule has 16 heteroatoms. The topological polar surface area (TPSA) is 252 Å². The van der Waals surface area contributed by atoms with Gasteiger partial charge in [0.1, 0.15) is 18.3 Å². The summed E-state index contributed by atoms with van der Waals surface area (Å²) < 4.78 is 0. The number of rotatable bonds is 18. The van der Waals surface area contributed by atoms with Crippen molar-refractivity contribution >= 4 is 35.1 Å². The van der Waals surface area contributed by atoms with Gasteiger partial charge in [-0.1, -0.05) is 35.9 Å². The molecule has 0 radical (unpaired) electrons. The molecule has 12 N–H and O–H groups in total. The largest absolute Gasteiger partial charge is 0.394 e. The van der Waals surface area contributed by atoms with Gasteiger partial charge in [-0.3, -0.25) is 9.59 Å². The number of aliphatic hydroxyl groups excluding tert-OH is 5. The van der Waals surface area contributed by atoms with E-state index >= 15 is 0 Å². The summed E-state index contributed by atoms with van der Waals surface area (Å²) in [4.78, 5) is 35.3. The quantitative estimate of drug-likeness (QED) is 0.0801. The van der Waals surface area contributed by atoms with Crippen molar-refractivity contribution in [2.45, 2.75) is 57.0 Å². The number of likely N-dealkylation sites (tertiary alicyclic amines) is 1. The summed E-state index contributed by atoms with van der Waals surface area (Å²) in [5, 5.41) is 57.1. The fourth-order valence-electron chi connectivity index (χ4n) is 5.46. The molecule has 15 nitrogen and oxygen atoms in total. The molecule has 5 atom stereocenters. The van der Waals surface area contributed by atoms with Gasteiger partial charge in [-0.2, -0.15) is 0 Å². The molecule has 2 heterocycles. The van der Waals surface area contributed by atoms with Crippen LogP contribution >= 0.6 is 11.6 Å². The van der Waals surface area contributed by atoms with E-state index in [1.54, 1.807) is 0 Å². The Bertz CT molecular complexity index is 1300. The molecule has 262 valence electrons. The van der Waals surface area contributed by atoms with Gasteiger partial charge in [0.15, 0.2) is 22.5 Å². The number of nitrogens with two attached hydrogens (primary N) is 2. The van der Waals surface area contributed by atoms with Crippen molar-refractivity contribution < 1.29 is 35.1 Å². The van der Waals surface area contributed by atoms with Gasteiger partial charge in [0, 0.05) is 39.1 Å². The third-order valence-corrected chi connectivity index (χ3v) is 8.75. The molecular formula is C31H49ClN8O7. The molecule has 0 spiro atoms. The van der Waals surface area contributed by atoms with Crippen molar-refractivity contribution in [3.05, 3.63) is 46.2 Å². The van der Waals surface area contributed by atoms with Gasteiger partial charge in [-0.15, -0.1) is 0 Å². The van der Waals surface area contributed by atoms with E-state index < -0.39 is 36.9 Å². The summed E-state index contributed by atoms with van der Waals surface area (Å²) >= 11 is 5.95. The number of halogens is 1. The smallest absolute Gasteiger partial charge is 0.273 e. The number of benzene rings is 1. The molecule has 1 aliphatic heterocycles. The predicted molar refractivity (Wildman–Crippen MR) is 177 cm³/mol. The van der Waals surface area contributed by atoms with Gasteiger partial charge in [0.25, 0.3) is 5.91 Å². The molecule has 0 saturated carbocycles. The van der Waals surface area contributed by atoms with Crippen LogP contribution in [0.2, 0.25) is 5.15 Å². The maximum Gasteiger partial charge on any atom is 0.273 e. The van der Waals surface area contributed by atoms with Crippen molar-refractivity contribution in [1.29, 1.82) is 0 Å². The van der Waals surface area contributed by atoms with E-state index in [0.717, 1.165) is 25.8 Å². The molecule has 0 bridgehead atoms. The minimum absolute atomic E-state index is 0.0172. The van der Waals surface area contributed by atoms with Crippen LogP contribution in [0.1, 0.15) is 40.9 Å². The Morgan fingerprint density at radius 2 is 1.66 bits per heavy atom. The number of carbonyl (C=O) groups excluding carboxylic acids is 2. The van der Waals surface area contributed by atoms with Crippen LogP contribution < -0.4 is 27.4 Å². The third-order valence-electron chi connectivity index (χ3n) is 8.47. The molecule has 3 rings (SSSR count). The van der Waals surface area contributed by atoms with Gasteiger partial charge in [-0.05, 0) is 62.2 Å². The highest BCUT2D eigenvalue weighted by Crippen LogP contribution is 2.19. The number of nitrogens with zero attached hydrogens (tertiary/aromatic N) is 3. The van der Waals surface area contributed by atoms with E-state index in [-0.39, 0.29) is 53.8 Å². The Labute approximate surface area is 279 Å². The fraction of sp³-hybridized carbons (Fsp3) is 0.613. The van der Waals surface area contributed by atoms with Crippen LogP contribution in [0, 0.1) is 18.8 Å². The number of carbonyl (C=O) groups is 2. The van der Waals surface area contributed by atoms with Crippen molar-refractivity contribution in [2.24, 2.45) is 11.8 Å². The number of anilines is 2. The normalized spacial score (nSPS) is 17.1. The standard InChI is InChI=1S/C31H49ClN8O7/c1-18-4-2-3-5-21(18)12-20(15-37-31(47)25-29(33)39-30(34)28(32)38-25)14-36-13-19-7-10-40(11-8-19)24(44)6-9-35-16-22(42)26(45)27(46)23(43)17-41/h2-5,19-20,22-23,26-27,35-36,41-43,45-46H,6-17H2,1H3,(H,37,47)(H4,33,34,39). The summed E-state index contributed by atoms with van der Waals surface area (Å²) in [6, 6.07) is 8.12. The minimum Gasteiger partial charge on any atom is -0.394 e. The van der Waals surface area contributed by atoms with Crippen molar-refractivity contribution in [3.8, 4) is 0 Å². The van der Waals surface area contributed by atoms with Crippen LogP contribution in [-0.2, 0) is 11.2 Å². The first-order valence-corrected chi connectivity index (χ1v) is 16.2. The monoisotopic (exact) mass is 680 g/mol. The number of aliphatic hydroxyl groups is 5. The minimum atomic E-state index is -1.69. The second-order valence-electron chi connectivity index (χ2n) is 12.1. The molecule has 1 saturated heterocycles. The van der Waals surface area contributed by atoms with Gasteiger partial charge < -0.3 is 57.9 Å². The summed E-state index contributed by atoms with van der Waals surface area (Å²) in [6.45, 7) is 4.54. The average molecular weight is 681 g/mol. The molecule has 1 aliphatic rings. The predicted octanol–water partition coefficient (Wildman–Crippen LogP) is -1.56. The van der Waals surface area contributed by atoms with Crippen LogP contribution in [-0.4, -0.2) is 129 Å². The number of nitrogen functional groups attached to an aromatic ring is 2. The van der Waals surface area contributed by atoms with Gasteiger partial charge >= 0.3 is 0 Å². The van der Waals surface area contributed by atoms with Crippen molar-refractivity contribution in [2.75, 3.05) is 63.9 Å². The Morgan fingerprint density at radius 1 is 0.979 bits per heavy atom. The zero-order valence-electron chi connectivity index (χ0n) is 26.7. The molecule has 1 fully saturated rings. The molecule has 0 aliphatic carbocycles. The average Bonchev–Trinajstić information content (AvgIpc) is 3.06. The van der Waals surface area contributed by atoms with E-state index in [4.69, 9.17) is 28.2 Å². The molecule has 2 amide bonds. The lowest BCUT2D eigenvalue weighted by Crippen LogP contribution is -2.49. The van der Waals surface area contributed by atoms with E-state index in [2.05, 4.69) is 45.0 Å². The maximum atomic E-state index is 12.9. The van der Waals surface area contributed by atoms with Gasteiger partial charge in [0.2, 0.25) is 5.91 Å². The lowest BCUT2D eigenvalue weighted by Gasteiger charge is -2.32. The number of hydrogen-bond donors (Lipinski definition) is 10. The fourth-order valence-corrected chi connectivity index (χ4v) is 5.59. The number of piperidine rings is 1. The van der Waals surface area contributed by atoms with Crippen molar-refractivity contribution in [3.63, 3.8) is 0 Å². The summed E-state index contributed by atoms with van der Waals surface area (Å²) in [5.74, 6) is -0.185. The van der Waals surface area contributed by atoms with Crippen LogP contribution in [0.5, 0.6) is 0 Å². The second kappa shape index (κ2) is 19.0. The van der Waals surface area contributed by atoms with E-state index in [9.17, 15) is 30.0 Å². The van der Waals surface area contributed by atoms with Crippen LogP contribution in [0.4, 0.5) is 11.6 Å². The number of nitrogens with one attached hydrogen (secondary N) is 3. The van der Waals surface area contributed by atoms with Crippen LogP contribution in [0.3, 0.4) is 0 Å². The number of hydrogen-bond acceptors (Lipinski definition) is 13. The lowest BCUT2D eigenvalue weighted by atomic mass is 9.94. The first-order chi connectivity index (χ1) is 22.4. The van der Waals surface area contributed by atoms with Crippen LogP contribution in [0.15, 0.2) is 24.3 Å². The highest BCUT2D eigenvalue weighted by atomic mass is 35.5. The Morgan fingerprint density at radius 3 is 2.34 bits per heavy atom. The molecule has 2 aromatic rings. The summed E-state index contributed by atoms with van der Waals surface area (Å²) in [5.41, 5.74) is 13.8. The molecular weight excluding hydrogens is 632 g/mol. The number of amides is 2. The van der Waals surface area contributed by atoms with E-state index in [1.165, 1.54) is 11.1 Å². The first kappa shape index (κ1) is 38.3. The van der Waals surface area contributed by atoms with Crippen LogP contribution in [0.25, 0.3) is 0 Å². The lowest BCUT2D eigenvalue weighted by molar-refractivity contribution is -0.132. The molecule has 1 aromatic carbocycles. The first-order valence-electron chi connectivity index (χ1n) is 15.8. The summed E-state index contributed by atoms with van der Waals surface area (Å²) in [7, 11) is 0. The maximum absolute atomic E-state index is 12.9. The highest BCUT2D eigenvalue weighted by Gasteiger charge is 2.30. The summed E-state index contributed by atoms with van der Waals surface area (Å²) in [6.07, 6.45) is -3.64.